The number of rotatable bonds is 6. The Hall–Kier alpha value is -2.67. The van der Waals surface area contributed by atoms with Crippen molar-refractivity contribution in [1.29, 1.82) is 0 Å². The standard InChI is InChI=1S/C21H28N4O3/c1-2-28-21(27)18-15-22-25(17-11-7-6-8-12-17)20(18)23-19(26)16-24-13-9-4-3-5-10-14-24/h6-8,11-12,15H,2-5,9-10,13-14,16H2,1H3,(H,23,26). The highest BCUT2D eigenvalue weighted by molar-refractivity contribution is 6.01. The van der Waals surface area contributed by atoms with Crippen LogP contribution in [-0.2, 0) is 9.53 Å². The number of para-hydroxylation sites is 1. The highest BCUT2D eigenvalue weighted by Crippen LogP contribution is 2.21. The molecule has 1 aliphatic rings. The number of nitrogens with one attached hydrogen (secondary N) is 1. The van der Waals surface area contributed by atoms with Gasteiger partial charge in [-0.3, -0.25) is 9.69 Å². The van der Waals surface area contributed by atoms with E-state index in [9.17, 15) is 9.59 Å². The average Bonchev–Trinajstić information content (AvgIpc) is 3.08. The van der Waals surface area contributed by atoms with Crippen LogP contribution in [0.3, 0.4) is 0 Å². The number of amides is 1. The minimum absolute atomic E-state index is 0.149. The molecule has 0 radical (unpaired) electrons. The molecule has 1 fully saturated rings. The van der Waals surface area contributed by atoms with E-state index in [1.165, 1.54) is 25.5 Å². The van der Waals surface area contributed by atoms with Gasteiger partial charge in [0.25, 0.3) is 0 Å². The van der Waals surface area contributed by atoms with E-state index in [2.05, 4.69) is 15.3 Å². The number of ether oxygens (including phenoxy) is 1. The van der Waals surface area contributed by atoms with Gasteiger partial charge in [0.2, 0.25) is 5.91 Å². The van der Waals surface area contributed by atoms with Crippen LogP contribution in [0.2, 0.25) is 0 Å². The van der Waals surface area contributed by atoms with Crippen LogP contribution in [0.1, 0.15) is 49.4 Å². The average molecular weight is 384 g/mol. The molecular weight excluding hydrogens is 356 g/mol. The number of benzene rings is 1. The number of hydrogen-bond donors (Lipinski definition) is 1. The molecule has 1 amide bonds. The Kier molecular flexibility index (Phi) is 7.19. The van der Waals surface area contributed by atoms with Crippen LogP contribution in [0.5, 0.6) is 0 Å². The molecule has 1 N–H and O–H groups in total. The van der Waals surface area contributed by atoms with E-state index >= 15 is 0 Å². The summed E-state index contributed by atoms with van der Waals surface area (Å²) in [6.07, 6.45) is 7.38. The van der Waals surface area contributed by atoms with Gasteiger partial charge in [0.1, 0.15) is 5.56 Å². The quantitative estimate of drug-likeness (QED) is 0.774. The van der Waals surface area contributed by atoms with Gasteiger partial charge in [0.15, 0.2) is 5.82 Å². The van der Waals surface area contributed by atoms with Gasteiger partial charge >= 0.3 is 5.97 Å². The Balaban J connectivity index is 1.79. The van der Waals surface area contributed by atoms with E-state index in [0.717, 1.165) is 31.6 Å². The zero-order valence-electron chi connectivity index (χ0n) is 16.4. The lowest BCUT2D eigenvalue weighted by Crippen LogP contribution is -2.36. The van der Waals surface area contributed by atoms with Gasteiger partial charge in [-0.1, -0.05) is 37.5 Å². The molecule has 1 aliphatic heterocycles. The van der Waals surface area contributed by atoms with E-state index in [1.807, 2.05) is 30.3 Å². The van der Waals surface area contributed by atoms with Crippen molar-refractivity contribution in [3.63, 3.8) is 0 Å². The minimum atomic E-state index is -0.494. The van der Waals surface area contributed by atoms with Crippen molar-refractivity contribution in [3.8, 4) is 5.69 Å². The maximum Gasteiger partial charge on any atom is 0.343 e. The fourth-order valence-corrected chi connectivity index (χ4v) is 3.44. The predicted octanol–water partition coefficient (Wildman–Crippen LogP) is 3.25. The maximum atomic E-state index is 12.7. The third-order valence-corrected chi connectivity index (χ3v) is 4.84. The van der Waals surface area contributed by atoms with E-state index in [1.54, 1.807) is 11.6 Å². The smallest absolute Gasteiger partial charge is 0.343 e. The second-order valence-corrected chi connectivity index (χ2v) is 6.97. The van der Waals surface area contributed by atoms with Crippen molar-refractivity contribution in [1.82, 2.24) is 14.7 Å². The molecule has 2 heterocycles. The van der Waals surface area contributed by atoms with Gasteiger partial charge in [0, 0.05) is 0 Å². The summed E-state index contributed by atoms with van der Waals surface area (Å²) in [5, 5.41) is 7.20. The van der Waals surface area contributed by atoms with Crippen LogP contribution in [0.15, 0.2) is 36.5 Å². The first-order chi connectivity index (χ1) is 13.7. The molecule has 3 rings (SSSR count). The van der Waals surface area contributed by atoms with Crippen molar-refractivity contribution in [2.45, 2.75) is 39.0 Å². The number of carbonyl (C=O) groups excluding carboxylic acids is 2. The molecule has 0 aliphatic carbocycles. The molecule has 7 heteroatoms. The number of carbonyl (C=O) groups is 2. The molecule has 0 unspecified atom stereocenters. The third kappa shape index (κ3) is 5.19. The molecule has 2 aromatic rings. The first-order valence-electron chi connectivity index (χ1n) is 10.0. The summed E-state index contributed by atoms with van der Waals surface area (Å²) in [6.45, 7) is 4.17. The van der Waals surface area contributed by atoms with Gasteiger partial charge in [0.05, 0.1) is 25.0 Å². The molecule has 1 saturated heterocycles. The van der Waals surface area contributed by atoms with Crippen LogP contribution in [0, 0.1) is 0 Å². The second-order valence-electron chi connectivity index (χ2n) is 6.97. The Labute approximate surface area is 165 Å². The van der Waals surface area contributed by atoms with E-state index in [-0.39, 0.29) is 18.1 Å². The molecule has 1 aromatic carbocycles. The lowest BCUT2D eigenvalue weighted by Gasteiger charge is -2.23. The lowest BCUT2D eigenvalue weighted by molar-refractivity contribution is -0.117. The molecule has 28 heavy (non-hydrogen) atoms. The Morgan fingerprint density at radius 1 is 1.07 bits per heavy atom. The number of hydrogen-bond acceptors (Lipinski definition) is 5. The van der Waals surface area contributed by atoms with Crippen LogP contribution < -0.4 is 5.32 Å². The summed E-state index contributed by atoms with van der Waals surface area (Å²) in [5.41, 5.74) is 1.02. The summed E-state index contributed by atoms with van der Waals surface area (Å²) in [7, 11) is 0. The number of esters is 1. The third-order valence-electron chi connectivity index (χ3n) is 4.84. The predicted molar refractivity (Wildman–Crippen MR) is 108 cm³/mol. The molecule has 0 spiro atoms. The maximum absolute atomic E-state index is 12.7. The topological polar surface area (TPSA) is 76.5 Å². The normalized spacial score (nSPS) is 15.5. The van der Waals surface area contributed by atoms with Gasteiger partial charge < -0.3 is 10.1 Å². The second kappa shape index (κ2) is 10.0. The number of aromatic nitrogens is 2. The summed E-state index contributed by atoms with van der Waals surface area (Å²) in [6, 6.07) is 9.41. The highest BCUT2D eigenvalue weighted by Gasteiger charge is 2.22. The van der Waals surface area contributed by atoms with Crippen molar-refractivity contribution >= 4 is 17.7 Å². The van der Waals surface area contributed by atoms with Crippen LogP contribution >= 0.6 is 0 Å². The number of likely N-dealkylation sites (tertiary alicyclic amines) is 1. The monoisotopic (exact) mass is 384 g/mol. The van der Waals surface area contributed by atoms with E-state index in [0.29, 0.717) is 12.4 Å². The van der Waals surface area contributed by atoms with Crippen molar-refractivity contribution in [2.24, 2.45) is 0 Å². The highest BCUT2D eigenvalue weighted by atomic mass is 16.5. The molecular formula is C21H28N4O3. The largest absolute Gasteiger partial charge is 0.462 e. The minimum Gasteiger partial charge on any atom is -0.462 e. The van der Waals surface area contributed by atoms with Crippen LogP contribution in [0.25, 0.3) is 5.69 Å². The Bertz CT molecular complexity index is 780. The number of anilines is 1. The molecule has 7 nitrogen and oxygen atoms in total. The molecule has 0 bridgehead atoms. The summed E-state index contributed by atoms with van der Waals surface area (Å²) in [5.74, 6) is -0.295. The van der Waals surface area contributed by atoms with Gasteiger partial charge in [-0.2, -0.15) is 5.10 Å². The summed E-state index contributed by atoms with van der Waals surface area (Å²) < 4.78 is 6.69. The Morgan fingerprint density at radius 3 is 2.43 bits per heavy atom. The van der Waals surface area contributed by atoms with Crippen molar-refractivity contribution < 1.29 is 14.3 Å². The van der Waals surface area contributed by atoms with Gasteiger partial charge in [-0.25, -0.2) is 9.48 Å². The zero-order chi connectivity index (χ0) is 19.8. The van der Waals surface area contributed by atoms with Gasteiger partial charge in [-0.15, -0.1) is 0 Å². The molecule has 150 valence electrons. The Morgan fingerprint density at radius 2 is 1.75 bits per heavy atom. The lowest BCUT2D eigenvalue weighted by atomic mass is 10.1. The summed E-state index contributed by atoms with van der Waals surface area (Å²) in [4.78, 5) is 27.3. The van der Waals surface area contributed by atoms with Gasteiger partial charge in [-0.05, 0) is 45.0 Å². The fraction of sp³-hybridized carbons (Fsp3) is 0.476. The van der Waals surface area contributed by atoms with Crippen molar-refractivity contribution in [2.75, 3.05) is 31.6 Å². The summed E-state index contributed by atoms with van der Waals surface area (Å²) >= 11 is 0. The van der Waals surface area contributed by atoms with Crippen molar-refractivity contribution in [3.05, 3.63) is 42.1 Å². The van der Waals surface area contributed by atoms with E-state index < -0.39 is 5.97 Å². The first-order valence-corrected chi connectivity index (χ1v) is 10.0. The van der Waals surface area contributed by atoms with Crippen LogP contribution in [-0.4, -0.2) is 52.8 Å². The molecule has 0 saturated carbocycles. The SMILES string of the molecule is CCOC(=O)c1cnn(-c2ccccc2)c1NC(=O)CN1CCCCCCC1. The van der Waals surface area contributed by atoms with Crippen LogP contribution in [0.4, 0.5) is 5.82 Å². The fourth-order valence-electron chi connectivity index (χ4n) is 3.44. The molecule has 1 aromatic heterocycles. The van der Waals surface area contributed by atoms with E-state index in [4.69, 9.17) is 4.74 Å². The first kappa shape index (κ1) is 20.1. The number of nitrogens with zero attached hydrogens (tertiary/aromatic N) is 3. The zero-order valence-corrected chi connectivity index (χ0v) is 16.4. The molecule has 0 atom stereocenters.